The average molecular weight is 225 g/mol. The first-order valence-electron chi connectivity index (χ1n) is 7.05. The van der Waals surface area contributed by atoms with Crippen molar-refractivity contribution < 1.29 is 4.79 Å². The highest BCUT2D eigenvalue weighted by atomic mass is 16.2. The third-order valence-corrected chi connectivity index (χ3v) is 3.75. The van der Waals surface area contributed by atoms with E-state index in [0.29, 0.717) is 12.3 Å². The molecule has 0 N–H and O–H groups in total. The van der Waals surface area contributed by atoms with E-state index >= 15 is 0 Å². The van der Waals surface area contributed by atoms with Crippen LogP contribution >= 0.6 is 0 Å². The van der Waals surface area contributed by atoms with Gasteiger partial charge in [0.05, 0.1) is 0 Å². The van der Waals surface area contributed by atoms with Gasteiger partial charge in [0.15, 0.2) is 0 Å². The monoisotopic (exact) mass is 225 g/mol. The summed E-state index contributed by atoms with van der Waals surface area (Å²) < 4.78 is 0. The third kappa shape index (κ3) is 4.54. The molecule has 1 aliphatic rings. The molecule has 1 amide bonds. The van der Waals surface area contributed by atoms with Crippen molar-refractivity contribution >= 4 is 5.91 Å². The molecule has 2 nitrogen and oxygen atoms in total. The smallest absolute Gasteiger partial charge is 0.222 e. The van der Waals surface area contributed by atoms with Crippen molar-refractivity contribution in [1.82, 2.24) is 4.90 Å². The van der Waals surface area contributed by atoms with Crippen LogP contribution in [-0.4, -0.2) is 23.9 Å². The van der Waals surface area contributed by atoms with Crippen LogP contribution < -0.4 is 0 Å². The quantitative estimate of drug-likeness (QED) is 0.703. The molecule has 0 aromatic rings. The Bertz CT molecular complexity index is 203. The fourth-order valence-electron chi connectivity index (χ4n) is 2.54. The van der Waals surface area contributed by atoms with E-state index < -0.39 is 0 Å². The van der Waals surface area contributed by atoms with Gasteiger partial charge in [0.2, 0.25) is 5.91 Å². The Morgan fingerprint density at radius 2 is 1.81 bits per heavy atom. The normalized spacial score (nSPS) is 24.1. The molecule has 0 saturated carbocycles. The van der Waals surface area contributed by atoms with E-state index in [1.807, 2.05) is 6.92 Å². The number of rotatable bonds is 2. The zero-order valence-electron chi connectivity index (χ0n) is 11.0. The van der Waals surface area contributed by atoms with Crippen molar-refractivity contribution in [2.75, 3.05) is 13.1 Å². The summed E-state index contributed by atoms with van der Waals surface area (Å²) in [5, 5.41) is 0. The molecule has 1 unspecified atom stereocenters. The van der Waals surface area contributed by atoms with Crippen LogP contribution in [0.1, 0.15) is 65.2 Å². The number of nitrogens with zero attached hydrogens (tertiary/aromatic N) is 1. The lowest BCUT2D eigenvalue weighted by Gasteiger charge is -2.28. The van der Waals surface area contributed by atoms with Crippen LogP contribution in [0.3, 0.4) is 0 Å². The van der Waals surface area contributed by atoms with Crippen molar-refractivity contribution in [2.45, 2.75) is 65.2 Å². The molecule has 1 fully saturated rings. The predicted octanol–water partition coefficient (Wildman–Crippen LogP) is 3.61. The van der Waals surface area contributed by atoms with Gasteiger partial charge in [-0.15, -0.1) is 0 Å². The number of hydrogen-bond acceptors (Lipinski definition) is 1. The molecule has 0 aliphatic carbocycles. The lowest BCUT2D eigenvalue weighted by Crippen LogP contribution is -2.36. The summed E-state index contributed by atoms with van der Waals surface area (Å²) in [4.78, 5) is 13.9. The fraction of sp³-hybridized carbons (Fsp3) is 0.929. The van der Waals surface area contributed by atoms with Gasteiger partial charge in [0, 0.05) is 19.5 Å². The third-order valence-electron chi connectivity index (χ3n) is 3.75. The molecular weight excluding hydrogens is 198 g/mol. The Morgan fingerprint density at radius 1 is 1.12 bits per heavy atom. The number of amides is 1. The van der Waals surface area contributed by atoms with Crippen LogP contribution in [0.2, 0.25) is 0 Å². The highest BCUT2D eigenvalue weighted by Crippen LogP contribution is 2.19. The lowest BCUT2D eigenvalue weighted by atomic mass is 9.96. The van der Waals surface area contributed by atoms with Crippen molar-refractivity contribution in [3.05, 3.63) is 0 Å². The number of hydrogen-bond donors (Lipinski definition) is 0. The summed E-state index contributed by atoms with van der Waals surface area (Å²) in [6, 6.07) is 0. The summed E-state index contributed by atoms with van der Waals surface area (Å²) >= 11 is 0. The van der Waals surface area contributed by atoms with E-state index in [0.717, 1.165) is 19.0 Å². The van der Waals surface area contributed by atoms with Gasteiger partial charge in [-0.25, -0.2) is 0 Å². The van der Waals surface area contributed by atoms with E-state index in [4.69, 9.17) is 0 Å². The average Bonchev–Trinajstić information content (AvgIpc) is 2.34. The molecule has 0 aromatic carbocycles. The van der Waals surface area contributed by atoms with Gasteiger partial charge in [-0.3, -0.25) is 4.79 Å². The molecular formula is C14H27NO. The lowest BCUT2D eigenvalue weighted by molar-refractivity contribution is -0.131. The maximum Gasteiger partial charge on any atom is 0.222 e. The van der Waals surface area contributed by atoms with Crippen LogP contribution in [0.5, 0.6) is 0 Å². The molecule has 0 spiro atoms. The fourth-order valence-corrected chi connectivity index (χ4v) is 2.54. The largest absolute Gasteiger partial charge is 0.342 e. The topological polar surface area (TPSA) is 20.3 Å². The second-order valence-electron chi connectivity index (χ2n) is 5.02. The van der Waals surface area contributed by atoms with Crippen LogP contribution in [-0.2, 0) is 4.79 Å². The SMILES string of the molecule is CCC(=O)N1CCCCCCCC(CC)C1. The second kappa shape index (κ2) is 7.70. The van der Waals surface area contributed by atoms with Crippen molar-refractivity contribution in [2.24, 2.45) is 5.92 Å². The highest BCUT2D eigenvalue weighted by molar-refractivity contribution is 5.75. The van der Waals surface area contributed by atoms with Gasteiger partial charge in [-0.2, -0.15) is 0 Å². The van der Waals surface area contributed by atoms with E-state index in [1.54, 1.807) is 0 Å². The van der Waals surface area contributed by atoms with Gasteiger partial charge in [0.25, 0.3) is 0 Å². The number of carbonyl (C=O) groups is 1. The van der Waals surface area contributed by atoms with Crippen LogP contribution in [0.25, 0.3) is 0 Å². The van der Waals surface area contributed by atoms with Gasteiger partial charge in [-0.1, -0.05) is 46.0 Å². The van der Waals surface area contributed by atoms with Gasteiger partial charge in [0.1, 0.15) is 0 Å². The van der Waals surface area contributed by atoms with Crippen LogP contribution in [0, 0.1) is 5.92 Å². The minimum atomic E-state index is 0.346. The minimum Gasteiger partial charge on any atom is -0.342 e. The van der Waals surface area contributed by atoms with Crippen LogP contribution in [0.15, 0.2) is 0 Å². The predicted molar refractivity (Wildman–Crippen MR) is 68.4 cm³/mol. The zero-order chi connectivity index (χ0) is 11.8. The number of carbonyl (C=O) groups excluding carboxylic acids is 1. The van der Waals surface area contributed by atoms with E-state index in [2.05, 4.69) is 11.8 Å². The van der Waals surface area contributed by atoms with Crippen molar-refractivity contribution in [1.29, 1.82) is 0 Å². The summed E-state index contributed by atoms with van der Waals surface area (Å²) in [6.45, 7) is 6.22. The molecule has 0 bridgehead atoms. The summed E-state index contributed by atoms with van der Waals surface area (Å²) in [5.41, 5.74) is 0. The first kappa shape index (κ1) is 13.5. The molecule has 2 heteroatoms. The minimum absolute atomic E-state index is 0.346. The molecule has 1 saturated heterocycles. The van der Waals surface area contributed by atoms with Gasteiger partial charge >= 0.3 is 0 Å². The zero-order valence-corrected chi connectivity index (χ0v) is 11.0. The molecule has 0 aromatic heterocycles. The molecule has 1 aliphatic heterocycles. The Kier molecular flexibility index (Phi) is 6.51. The van der Waals surface area contributed by atoms with E-state index in [1.165, 1.54) is 44.9 Å². The summed E-state index contributed by atoms with van der Waals surface area (Å²) in [6.07, 6.45) is 9.77. The standard InChI is InChI=1S/C14H27NO/c1-3-13-10-8-6-5-7-9-11-15(12-13)14(16)4-2/h13H,3-12H2,1-2H3. The van der Waals surface area contributed by atoms with Gasteiger partial charge in [-0.05, 0) is 18.8 Å². The molecule has 1 heterocycles. The molecule has 94 valence electrons. The highest BCUT2D eigenvalue weighted by Gasteiger charge is 2.17. The van der Waals surface area contributed by atoms with Crippen LogP contribution in [0.4, 0.5) is 0 Å². The molecule has 1 atom stereocenters. The molecule has 0 radical (unpaired) electrons. The Morgan fingerprint density at radius 3 is 2.50 bits per heavy atom. The first-order valence-corrected chi connectivity index (χ1v) is 7.05. The molecule has 16 heavy (non-hydrogen) atoms. The Hall–Kier alpha value is -0.530. The first-order chi connectivity index (χ1) is 7.77. The Balaban J connectivity index is 2.52. The maximum absolute atomic E-state index is 11.8. The second-order valence-corrected chi connectivity index (χ2v) is 5.02. The van der Waals surface area contributed by atoms with E-state index in [-0.39, 0.29) is 0 Å². The summed E-state index contributed by atoms with van der Waals surface area (Å²) in [5.74, 6) is 1.08. The van der Waals surface area contributed by atoms with Crippen molar-refractivity contribution in [3.8, 4) is 0 Å². The Labute approximate surface area is 100 Å². The maximum atomic E-state index is 11.8. The summed E-state index contributed by atoms with van der Waals surface area (Å²) in [7, 11) is 0. The van der Waals surface area contributed by atoms with Gasteiger partial charge < -0.3 is 4.90 Å². The molecule has 1 rings (SSSR count). The van der Waals surface area contributed by atoms with Crippen molar-refractivity contribution in [3.63, 3.8) is 0 Å². The van der Waals surface area contributed by atoms with E-state index in [9.17, 15) is 4.79 Å².